The van der Waals surface area contributed by atoms with Gasteiger partial charge >= 0.3 is 0 Å². The van der Waals surface area contributed by atoms with Crippen molar-refractivity contribution in [3.63, 3.8) is 0 Å². The fraction of sp³-hybridized carbons (Fsp3) is 0.500. The van der Waals surface area contributed by atoms with Gasteiger partial charge < -0.3 is 0 Å². The average molecular weight is 183 g/mol. The van der Waals surface area contributed by atoms with Crippen LogP contribution >= 0.6 is 11.8 Å². The molecular formula is C10H17NS. The molecule has 0 amide bonds. The molecule has 0 atom stereocenters. The number of rotatable bonds is 3. The maximum absolute atomic E-state index is 4.18. The lowest BCUT2D eigenvalue weighted by atomic mass is 10.5. The number of thioether (sulfide) groups is 1. The van der Waals surface area contributed by atoms with Crippen LogP contribution in [-0.4, -0.2) is 10.7 Å². The fourth-order valence-corrected chi connectivity index (χ4v) is 1.36. The second kappa shape index (κ2) is 8.60. The molecule has 0 radical (unpaired) electrons. The molecule has 0 aliphatic rings. The summed E-state index contributed by atoms with van der Waals surface area (Å²) in [5.74, 6) is 1.16. The molecule has 0 bridgehead atoms. The van der Waals surface area contributed by atoms with Gasteiger partial charge in [-0.3, -0.25) is 0 Å². The van der Waals surface area contributed by atoms with Crippen molar-refractivity contribution in [2.75, 3.05) is 5.75 Å². The SMILES string of the molecule is CC.CCCSc1ccccn1. The van der Waals surface area contributed by atoms with Crippen molar-refractivity contribution in [3.8, 4) is 0 Å². The highest BCUT2D eigenvalue weighted by Gasteiger charge is 1.89. The van der Waals surface area contributed by atoms with Gasteiger partial charge in [0.2, 0.25) is 0 Å². The molecule has 0 N–H and O–H groups in total. The van der Waals surface area contributed by atoms with Crippen molar-refractivity contribution in [3.05, 3.63) is 24.4 Å². The number of pyridine rings is 1. The second-order valence-corrected chi connectivity index (χ2v) is 3.13. The zero-order valence-electron chi connectivity index (χ0n) is 8.08. The van der Waals surface area contributed by atoms with E-state index in [1.54, 1.807) is 0 Å². The van der Waals surface area contributed by atoms with Crippen LogP contribution in [0.25, 0.3) is 0 Å². The summed E-state index contributed by atoms with van der Waals surface area (Å²) in [6.07, 6.45) is 3.04. The van der Waals surface area contributed by atoms with E-state index < -0.39 is 0 Å². The maximum atomic E-state index is 4.18. The Labute approximate surface area is 79.6 Å². The minimum absolute atomic E-state index is 1.13. The van der Waals surface area contributed by atoms with Crippen LogP contribution in [0.15, 0.2) is 29.4 Å². The molecule has 1 aromatic rings. The van der Waals surface area contributed by atoms with Gasteiger partial charge in [0.1, 0.15) is 0 Å². The van der Waals surface area contributed by atoms with Gasteiger partial charge in [-0.05, 0) is 24.3 Å². The first-order valence-electron chi connectivity index (χ1n) is 4.47. The molecule has 0 spiro atoms. The summed E-state index contributed by atoms with van der Waals surface area (Å²) in [4.78, 5) is 4.18. The highest BCUT2D eigenvalue weighted by Crippen LogP contribution is 2.13. The molecule has 1 nitrogen and oxygen atoms in total. The van der Waals surface area contributed by atoms with Crippen LogP contribution < -0.4 is 0 Å². The van der Waals surface area contributed by atoms with Crippen LogP contribution in [-0.2, 0) is 0 Å². The summed E-state index contributed by atoms with van der Waals surface area (Å²) in [7, 11) is 0. The van der Waals surface area contributed by atoms with Crippen LogP contribution in [0, 0.1) is 0 Å². The van der Waals surface area contributed by atoms with E-state index in [1.807, 2.05) is 50.0 Å². The molecule has 0 aromatic carbocycles. The number of hydrogen-bond acceptors (Lipinski definition) is 2. The summed E-state index contributed by atoms with van der Waals surface area (Å²) < 4.78 is 0. The Morgan fingerprint density at radius 3 is 2.58 bits per heavy atom. The summed E-state index contributed by atoms with van der Waals surface area (Å²) in [6, 6.07) is 6.00. The van der Waals surface area contributed by atoms with Gasteiger partial charge in [-0.2, -0.15) is 0 Å². The van der Waals surface area contributed by atoms with Crippen LogP contribution in [0.2, 0.25) is 0 Å². The summed E-state index contributed by atoms with van der Waals surface area (Å²) in [6.45, 7) is 6.18. The van der Waals surface area contributed by atoms with E-state index in [1.165, 1.54) is 6.42 Å². The Hall–Kier alpha value is -0.500. The van der Waals surface area contributed by atoms with Crippen molar-refractivity contribution in [2.24, 2.45) is 0 Å². The summed E-state index contributed by atoms with van der Waals surface area (Å²) in [5.41, 5.74) is 0. The normalized spacial score (nSPS) is 8.58. The van der Waals surface area contributed by atoms with Gasteiger partial charge in [0.15, 0.2) is 0 Å². The molecule has 0 aliphatic carbocycles. The van der Waals surface area contributed by atoms with E-state index in [4.69, 9.17) is 0 Å². The smallest absolute Gasteiger partial charge is 0.0959 e. The van der Waals surface area contributed by atoms with Crippen LogP contribution in [0.5, 0.6) is 0 Å². The first-order valence-corrected chi connectivity index (χ1v) is 5.46. The maximum Gasteiger partial charge on any atom is 0.0959 e. The Morgan fingerprint density at radius 2 is 2.08 bits per heavy atom. The predicted molar refractivity (Wildman–Crippen MR) is 56.6 cm³/mol. The number of nitrogens with zero attached hydrogens (tertiary/aromatic N) is 1. The minimum atomic E-state index is 1.13. The Balaban J connectivity index is 0.000000561. The zero-order valence-corrected chi connectivity index (χ0v) is 8.90. The van der Waals surface area contributed by atoms with Crippen molar-refractivity contribution in [1.29, 1.82) is 0 Å². The molecule has 0 saturated heterocycles. The zero-order chi connectivity index (χ0) is 9.23. The molecule has 1 aromatic heterocycles. The highest BCUT2D eigenvalue weighted by molar-refractivity contribution is 7.99. The van der Waals surface area contributed by atoms with Gasteiger partial charge in [-0.15, -0.1) is 11.8 Å². The van der Waals surface area contributed by atoms with Crippen molar-refractivity contribution >= 4 is 11.8 Å². The van der Waals surface area contributed by atoms with Gasteiger partial charge in [-0.1, -0.05) is 26.8 Å². The molecule has 0 aliphatic heterocycles. The van der Waals surface area contributed by atoms with E-state index in [0.717, 1.165) is 10.8 Å². The summed E-state index contributed by atoms with van der Waals surface area (Å²) in [5, 5.41) is 1.13. The monoisotopic (exact) mass is 183 g/mol. The molecule has 12 heavy (non-hydrogen) atoms. The molecule has 2 heteroatoms. The molecule has 0 unspecified atom stereocenters. The predicted octanol–water partition coefficient (Wildman–Crippen LogP) is 3.61. The lowest BCUT2D eigenvalue weighted by Crippen LogP contribution is -1.78. The largest absolute Gasteiger partial charge is 0.250 e. The molecular weight excluding hydrogens is 166 g/mol. The molecule has 1 rings (SSSR count). The van der Waals surface area contributed by atoms with Crippen LogP contribution in [0.1, 0.15) is 27.2 Å². The Bertz CT molecular complexity index is 174. The first-order chi connectivity index (χ1) is 5.93. The minimum Gasteiger partial charge on any atom is -0.250 e. The van der Waals surface area contributed by atoms with Crippen molar-refractivity contribution in [1.82, 2.24) is 4.98 Å². The third-order valence-electron chi connectivity index (χ3n) is 1.09. The van der Waals surface area contributed by atoms with Crippen molar-refractivity contribution < 1.29 is 0 Å². The van der Waals surface area contributed by atoms with E-state index in [2.05, 4.69) is 11.9 Å². The first kappa shape index (κ1) is 11.5. The number of aromatic nitrogens is 1. The Morgan fingerprint density at radius 1 is 1.33 bits per heavy atom. The fourth-order valence-electron chi connectivity index (χ4n) is 0.639. The van der Waals surface area contributed by atoms with E-state index in [-0.39, 0.29) is 0 Å². The lowest BCUT2D eigenvalue weighted by Gasteiger charge is -1.95. The number of hydrogen-bond donors (Lipinski definition) is 0. The summed E-state index contributed by atoms with van der Waals surface area (Å²) >= 11 is 1.81. The topological polar surface area (TPSA) is 12.9 Å². The van der Waals surface area contributed by atoms with E-state index in [9.17, 15) is 0 Å². The van der Waals surface area contributed by atoms with Crippen LogP contribution in [0.3, 0.4) is 0 Å². The van der Waals surface area contributed by atoms with Gasteiger partial charge in [-0.25, -0.2) is 4.98 Å². The third kappa shape index (κ3) is 5.19. The van der Waals surface area contributed by atoms with Crippen molar-refractivity contribution in [2.45, 2.75) is 32.2 Å². The molecule has 0 saturated carbocycles. The molecule has 0 fully saturated rings. The average Bonchev–Trinajstić information content (AvgIpc) is 2.19. The lowest BCUT2D eigenvalue weighted by molar-refractivity contribution is 1.08. The van der Waals surface area contributed by atoms with Gasteiger partial charge in [0.25, 0.3) is 0 Å². The quantitative estimate of drug-likeness (QED) is 0.664. The molecule has 1 heterocycles. The van der Waals surface area contributed by atoms with E-state index in [0.29, 0.717) is 0 Å². The Kier molecular flexibility index (Phi) is 8.24. The molecule has 68 valence electrons. The van der Waals surface area contributed by atoms with Gasteiger partial charge in [0.05, 0.1) is 5.03 Å². The van der Waals surface area contributed by atoms with E-state index >= 15 is 0 Å². The van der Waals surface area contributed by atoms with Gasteiger partial charge in [0, 0.05) is 6.20 Å². The second-order valence-electron chi connectivity index (χ2n) is 2.02. The third-order valence-corrected chi connectivity index (χ3v) is 2.24. The van der Waals surface area contributed by atoms with Crippen LogP contribution in [0.4, 0.5) is 0 Å². The standard InChI is InChI=1S/C8H11NS.C2H6/c1-2-7-10-8-5-3-4-6-9-8;1-2/h3-6H,2,7H2,1H3;1-2H3. The highest BCUT2D eigenvalue weighted by atomic mass is 32.2.